The van der Waals surface area contributed by atoms with E-state index >= 15 is 4.79 Å². The number of phenolic OH excluding ortho intramolecular Hbond substituents is 1. The average Bonchev–Trinajstić information content (AvgIpc) is 1.59. The number of ether oxygens (including phenoxy) is 3. The Morgan fingerprint density at radius 2 is 1.15 bits per heavy atom. The molecule has 111 heavy (non-hydrogen) atoms. The van der Waals surface area contributed by atoms with Crippen LogP contribution in [0.2, 0.25) is 0 Å². The van der Waals surface area contributed by atoms with Crippen LogP contribution >= 0.6 is 0 Å². The number of methoxy groups -OCH3 is 1. The fourth-order valence-corrected chi connectivity index (χ4v) is 13.5. The minimum Gasteiger partial charge on any atom is -0.508 e. The topological polar surface area (TPSA) is 487 Å². The van der Waals surface area contributed by atoms with Crippen LogP contribution in [0.5, 0.6) is 23.0 Å². The summed E-state index contributed by atoms with van der Waals surface area (Å²) in [4.78, 5) is 173. The number of guanidine groups is 1. The van der Waals surface area contributed by atoms with E-state index in [1.54, 1.807) is 72.8 Å². The van der Waals surface area contributed by atoms with Crippen molar-refractivity contribution in [2.75, 3.05) is 64.7 Å². The van der Waals surface area contributed by atoms with Crippen molar-refractivity contribution in [1.82, 2.24) is 47.4 Å². The van der Waals surface area contributed by atoms with Gasteiger partial charge in [-0.15, -0.1) is 0 Å². The zero-order valence-corrected chi connectivity index (χ0v) is 62.5. The number of aryl methyl sites for hydroxylation is 1. The van der Waals surface area contributed by atoms with Crippen LogP contribution in [0.3, 0.4) is 0 Å². The Morgan fingerprint density at radius 1 is 0.586 bits per heavy atom. The molecule has 3 aliphatic heterocycles. The second-order valence-electron chi connectivity index (χ2n) is 27.9. The second kappa shape index (κ2) is 37.9. The molecule has 1 spiro atoms. The molecule has 0 radical (unpaired) electrons. The maximum absolute atomic E-state index is 15.1. The number of esters is 1. The molecule has 7 atom stereocenters. The Kier molecular flexibility index (Phi) is 28.1. The molecule has 11 amide bonds. The molecule has 6 aromatic rings. The van der Waals surface area contributed by atoms with Gasteiger partial charge >= 0.3 is 5.97 Å². The first-order valence-electron chi connectivity index (χ1n) is 36.5. The quantitative estimate of drug-likeness (QED) is 0.0114. The molecule has 1 saturated heterocycles. The van der Waals surface area contributed by atoms with Crippen molar-refractivity contribution in [3.8, 4) is 23.0 Å². The van der Waals surface area contributed by atoms with Crippen molar-refractivity contribution in [1.29, 1.82) is 5.41 Å². The highest BCUT2D eigenvalue weighted by molar-refractivity contribution is 6.02. The zero-order valence-electron chi connectivity index (χ0n) is 62.5. The van der Waals surface area contributed by atoms with Crippen molar-refractivity contribution in [2.45, 2.75) is 138 Å². The van der Waals surface area contributed by atoms with Gasteiger partial charge in [0.15, 0.2) is 11.6 Å². The lowest BCUT2D eigenvalue weighted by Crippen LogP contribution is -2.60. The van der Waals surface area contributed by atoms with Crippen LogP contribution in [-0.2, 0) is 77.5 Å². The summed E-state index contributed by atoms with van der Waals surface area (Å²) in [5.41, 5.74) is 26.3. The van der Waals surface area contributed by atoms with Crippen molar-refractivity contribution < 1.29 is 76.9 Å². The van der Waals surface area contributed by atoms with Crippen LogP contribution in [0.1, 0.15) is 125 Å². The summed E-state index contributed by atoms with van der Waals surface area (Å²) < 4.78 is 18.3. The maximum atomic E-state index is 15.1. The maximum Gasteiger partial charge on any atom is 0.340 e. The summed E-state index contributed by atoms with van der Waals surface area (Å²) in [6.07, 6.45) is -1.17. The average molecular weight is 1530 g/mol. The smallest absolute Gasteiger partial charge is 0.340 e. The molecule has 32 heteroatoms. The number of carbonyl (C=O) groups excluding carboxylic acids is 12. The molecule has 32 nitrogen and oxygen atoms in total. The second-order valence-corrected chi connectivity index (χ2v) is 27.9. The molecule has 0 aliphatic carbocycles. The van der Waals surface area contributed by atoms with E-state index in [0.717, 1.165) is 16.9 Å². The Hall–Kier alpha value is -12.8. The number of amides is 11. The molecule has 9 rings (SSSR count). The van der Waals surface area contributed by atoms with Crippen LogP contribution < -0.4 is 84.7 Å². The summed E-state index contributed by atoms with van der Waals surface area (Å²) in [6, 6.07) is 26.9. The number of carbonyl (C=O) groups is 12. The third-order valence-corrected chi connectivity index (χ3v) is 19.5. The first kappa shape index (κ1) is 82.3. The lowest BCUT2D eigenvalue weighted by molar-refractivity contribution is -0.142. The summed E-state index contributed by atoms with van der Waals surface area (Å²) in [6.45, 7) is 0.166. The summed E-state index contributed by atoms with van der Waals surface area (Å²) in [5.74, 6) is -9.00. The molecule has 588 valence electrons. The number of nitrogens with two attached hydrogens (primary N) is 4. The van der Waals surface area contributed by atoms with Gasteiger partial charge in [0.2, 0.25) is 59.1 Å². The van der Waals surface area contributed by atoms with E-state index in [2.05, 4.69) is 42.5 Å². The molecule has 0 saturated carbocycles. The van der Waals surface area contributed by atoms with Gasteiger partial charge in [0, 0.05) is 119 Å². The molecule has 18 N–H and O–H groups in total. The normalized spacial score (nSPS) is 15.1. The van der Waals surface area contributed by atoms with E-state index in [0.29, 0.717) is 51.5 Å². The summed E-state index contributed by atoms with van der Waals surface area (Å²) in [5, 5.41) is 38.7. The minimum absolute atomic E-state index is 0.00478. The van der Waals surface area contributed by atoms with Gasteiger partial charge in [0.25, 0.3) is 5.91 Å². The van der Waals surface area contributed by atoms with E-state index < -0.39 is 138 Å². The monoisotopic (exact) mass is 1520 g/mol. The van der Waals surface area contributed by atoms with Crippen LogP contribution in [0.4, 0.5) is 11.4 Å². The number of likely N-dealkylation sites (tertiary alicyclic amines) is 1. The zero-order chi connectivity index (χ0) is 80.2. The molecule has 0 unspecified atom stereocenters. The van der Waals surface area contributed by atoms with Crippen molar-refractivity contribution in [2.24, 2.45) is 22.9 Å². The molecule has 3 heterocycles. The van der Waals surface area contributed by atoms with E-state index in [4.69, 9.17) is 42.6 Å². The summed E-state index contributed by atoms with van der Waals surface area (Å²) >= 11 is 0. The van der Waals surface area contributed by atoms with Gasteiger partial charge in [-0.3, -0.25) is 58.1 Å². The number of nitrogens with zero attached hydrogens (tertiary/aromatic N) is 3. The van der Waals surface area contributed by atoms with Crippen LogP contribution in [0, 0.1) is 5.41 Å². The van der Waals surface area contributed by atoms with Crippen molar-refractivity contribution in [3.63, 3.8) is 0 Å². The number of benzene rings is 6. The number of phenols is 1. The van der Waals surface area contributed by atoms with Gasteiger partial charge in [0.1, 0.15) is 65.3 Å². The first-order valence-corrected chi connectivity index (χ1v) is 36.5. The molecule has 6 aromatic carbocycles. The first-order chi connectivity index (χ1) is 53.0. The predicted octanol–water partition coefficient (Wildman–Crippen LogP) is 1.91. The number of nitrogens with one attached hydrogen (secondary N) is 9. The lowest BCUT2D eigenvalue weighted by atomic mass is 9.77. The number of rotatable bonds is 38. The van der Waals surface area contributed by atoms with Gasteiger partial charge in [-0.2, -0.15) is 0 Å². The number of fused-ring (bicyclic) bond motifs is 6. The number of primary amides is 3. The molecule has 0 bridgehead atoms. The van der Waals surface area contributed by atoms with E-state index in [-0.39, 0.29) is 107 Å². The number of anilines is 2. The number of hydrogen-bond donors (Lipinski definition) is 14. The number of hydrogen-bond acceptors (Lipinski definition) is 19. The fourth-order valence-electron chi connectivity index (χ4n) is 13.5. The van der Waals surface area contributed by atoms with Crippen LogP contribution in [0.25, 0.3) is 0 Å². The number of aromatic hydroxyl groups is 1. The standard InChI is InChI=1S/C79H96N16O16/c1-93(2)49-24-31-54-64(42-49)110-65-43-50(94(3)4)25-32-55(65)79(54)56-41-48(23-30-53(56)77(108)111-79)70(101)85-36-10-9-15-59(76(107)95-38-12-17-63(95)75(106)88-57(69(82)100)16-11-37-86-78(83)84)90-74(105)62(44-67(81)98)92-71(102)58(33-34-66(80)97)89-73(104)61(39-46-13-7-6-8-14-46)91-72(103)60(40-47-20-28-52(109-5)29-21-47)87-68(99)35-22-45-18-26-51(96)27-19-45/h6-8,13-14,18-21,23-32,41-43,57-63,96H,9-12,15-17,22,33-40,44H2,1-5H3,(H2,80,97)(H2,81,98)(H2,82,100)(H,85,101)(H,87,99)(H,88,106)(H,89,104)(H,90,105)(H,91,103)(H,92,102)(H4,83,84,86)/t57-,58-,59-,60+,61-,62-,63-/m0/s1. The highest BCUT2D eigenvalue weighted by Crippen LogP contribution is 2.57. The Bertz CT molecular complexity index is 4390. The Balaban J connectivity index is 0.942. The third-order valence-electron chi connectivity index (χ3n) is 19.5. The lowest BCUT2D eigenvalue weighted by Gasteiger charge is -2.37. The van der Waals surface area contributed by atoms with Gasteiger partial charge in [-0.05, 0) is 141 Å². The van der Waals surface area contributed by atoms with Gasteiger partial charge < -0.3 is 99.5 Å². The van der Waals surface area contributed by atoms with Crippen LogP contribution in [0.15, 0.2) is 133 Å². The van der Waals surface area contributed by atoms with E-state index in [1.807, 2.05) is 74.4 Å². The highest BCUT2D eigenvalue weighted by atomic mass is 16.6. The van der Waals surface area contributed by atoms with Gasteiger partial charge in [-0.1, -0.05) is 54.6 Å². The molecule has 3 aliphatic rings. The Morgan fingerprint density at radius 3 is 1.76 bits per heavy atom. The third kappa shape index (κ3) is 21.6. The molecule has 1 fully saturated rings. The predicted molar refractivity (Wildman–Crippen MR) is 410 cm³/mol. The van der Waals surface area contributed by atoms with Crippen LogP contribution in [-0.4, -0.2) is 184 Å². The molecule has 0 aromatic heterocycles. The fraction of sp³-hybridized carbons (Fsp3) is 0.380. The van der Waals surface area contributed by atoms with Crippen molar-refractivity contribution in [3.05, 3.63) is 178 Å². The van der Waals surface area contributed by atoms with Gasteiger partial charge in [0.05, 0.1) is 19.1 Å². The van der Waals surface area contributed by atoms with E-state index in [9.17, 15) is 57.8 Å². The Labute approximate surface area is 641 Å². The minimum atomic E-state index is -1.89. The summed E-state index contributed by atoms with van der Waals surface area (Å²) in [7, 11) is 9.01. The largest absolute Gasteiger partial charge is 0.508 e. The van der Waals surface area contributed by atoms with Crippen molar-refractivity contribution >= 4 is 88.3 Å². The molecular weight excluding hydrogens is 1430 g/mol. The molecular formula is C79H96N16O16. The van der Waals surface area contributed by atoms with Gasteiger partial charge in [-0.25, -0.2) is 4.79 Å². The van der Waals surface area contributed by atoms with E-state index in [1.165, 1.54) is 36.3 Å². The highest BCUT2D eigenvalue weighted by Gasteiger charge is 2.54. The SMILES string of the molecule is COc1ccc(C[C@@H](NC(=O)CCc2ccc(O)cc2)C(=O)N[C@@H](Cc2ccccc2)C(=O)N[C@@H](CCC(N)=O)C(=O)N[C@@H](CC(N)=O)C(=O)N[C@@H](CCCCNC(=O)c2ccc3c(c2)C2(OC3=O)c3ccc(N(C)C)cc3Oc3cc(N(C)C)ccc32)C(=O)N2CCC[C@H]2C(=O)N[C@@H](CCCNC(=N)N)C(N)=O)cc1. The number of unbranched alkanes of at least 4 members (excludes halogenated alkanes) is 1.